The highest BCUT2D eigenvalue weighted by atomic mass is 79.9. The second kappa shape index (κ2) is 13.8. The van der Waals surface area contributed by atoms with Gasteiger partial charge in [0.2, 0.25) is 0 Å². The maximum Gasteiger partial charge on any atom is 0.271 e. The van der Waals surface area contributed by atoms with E-state index < -0.39 is 0 Å². The van der Waals surface area contributed by atoms with Gasteiger partial charge in [0.25, 0.3) is 5.91 Å². The van der Waals surface area contributed by atoms with Crippen LogP contribution >= 0.6 is 62.5 Å². The standard InChI is InChI=1S/C33H26BrCl3N2O3S/c1-4-41-29-14-22(13-26(34)31(29)42-18-21-7-9-23(35)10-8-21)15-30-32(40)39(25-12-6-20(3)28(37)17-25)33(43-30)38-24-11-5-19(2)27(36)16-24/h5-17H,4,18H2,1-3H3/b30-15+,38-33?. The van der Waals surface area contributed by atoms with E-state index in [0.29, 0.717) is 65.7 Å². The van der Waals surface area contributed by atoms with E-state index in [-0.39, 0.29) is 5.91 Å². The van der Waals surface area contributed by atoms with Crippen molar-refractivity contribution in [2.24, 2.45) is 4.99 Å². The molecule has 4 aromatic carbocycles. The van der Waals surface area contributed by atoms with Crippen molar-refractivity contribution in [3.05, 3.63) is 119 Å². The number of carbonyl (C=O) groups excluding carboxylic acids is 1. The molecule has 220 valence electrons. The number of hydrogen-bond acceptors (Lipinski definition) is 5. The molecule has 0 radical (unpaired) electrons. The smallest absolute Gasteiger partial charge is 0.271 e. The van der Waals surface area contributed by atoms with Crippen molar-refractivity contribution in [3.8, 4) is 11.5 Å². The number of amides is 1. The van der Waals surface area contributed by atoms with E-state index >= 15 is 0 Å². The summed E-state index contributed by atoms with van der Waals surface area (Å²) in [6.45, 7) is 6.52. The van der Waals surface area contributed by atoms with Gasteiger partial charge in [0.15, 0.2) is 16.7 Å². The highest BCUT2D eigenvalue weighted by molar-refractivity contribution is 9.10. The number of halogens is 4. The van der Waals surface area contributed by atoms with Crippen LogP contribution in [0, 0.1) is 13.8 Å². The first kappa shape index (κ1) is 31.5. The van der Waals surface area contributed by atoms with Gasteiger partial charge < -0.3 is 9.47 Å². The van der Waals surface area contributed by atoms with Crippen molar-refractivity contribution >= 4 is 91.0 Å². The lowest BCUT2D eigenvalue weighted by Crippen LogP contribution is -2.28. The highest BCUT2D eigenvalue weighted by Crippen LogP contribution is 2.42. The summed E-state index contributed by atoms with van der Waals surface area (Å²) >= 11 is 23.7. The fraction of sp³-hybridized carbons (Fsp3) is 0.152. The normalized spacial score (nSPS) is 15.0. The number of aryl methyl sites for hydroxylation is 2. The molecule has 0 spiro atoms. The minimum Gasteiger partial charge on any atom is -0.490 e. The Labute approximate surface area is 278 Å². The van der Waals surface area contributed by atoms with Crippen LogP contribution in [0.4, 0.5) is 11.4 Å². The molecule has 43 heavy (non-hydrogen) atoms. The number of ether oxygens (including phenoxy) is 2. The molecule has 0 atom stereocenters. The molecule has 5 nitrogen and oxygen atoms in total. The topological polar surface area (TPSA) is 51.1 Å². The molecule has 1 aliphatic rings. The average Bonchev–Trinajstić information content (AvgIpc) is 3.26. The van der Waals surface area contributed by atoms with E-state index in [0.717, 1.165) is 22.3 Å². The van der Waals surface area contributed by atoms with Gasteiger partial charge in [-0.2, -0.15) is 0 Å². The Morgan fingerprint density at radius 2 is 1.60 bits per heavy atom. The van der Waals surface area contributed by atoms with Gasteiger partial charge in [0.05, 0.1) is 27.4 Å². The largest absolute Gasteiger partial charge is 0.490 e. The molecule has 1 saturated heterocycles. The summed E-state index contributed by atoms with van der Waals surface area (Å²) in [7, 11) is 0. The number of carbonyl (C=O) groups is 1. The van der Waals surface area contributed by atoms with E-state index in [2.05, 4.69) is 15.9 Å². The molecule has 5 rings (SSSR count). The Bertz CT molecular complexity index is 1760. The molecule has 1 amide bonds. The zero-order chi connectivity index (χ0) is 30.7. The van der Waals surface area contributed by atoms with Crippen molar-refractivity contribution in [1.29, 1.82) is 0 Å². The molecule has 1 heterocycles. The Hall–Kier alpha value is -2.94. The van der Waals surface area contributed by atoms with E-state index in [1.807, 2.05) is 87.5 Å². The van der Waals surface area contributed by atoms with Crippen LogP contribution in [0.1, 0.15) is 29.2 Å². The molecule has 0 bridgehead atoms. The van der Waals surface area contributed by atoms with E-state index in [9.17, 15) is 4.79 Å². The SMILES string of the molecule is CCOc1cc(/C=C2/SC(=Nc3ccc(C)c(Cl)c3)N(c3ccc(C)c(Cl)c3)C2=O)cc(Br)c1OCc1ccc(Cl)cc1. The molecule has 4 aromatic rings. The first-order chi connectivity index (χ1) is 20.6. The van der Waals surface area contributed by atoms with Crippen molar-refractivity contribution in [3.63, 3.8) is 0 Å². The number of thioether (sulfide) groups is 1. The Morgan fingerprint density at radius 3 is 2.28 bits per heavy atom. The quantitative estimate of drug-likeness (QED) is 0.170. The van der Waals surface area contributed by atoms with E-state index in [4.69, 9.17) is 49.3 Å². The summed E-state index contributed by atoms with van der Waals surface area (Å²) in [5.41, 5.74) is 4.84. The second-order valence-electron chi connectivity index (χ2n) is 9.69. The third kappa shape index (κ3) is 7.41. The van der Waals surface area contributed by atoms with E-state index in [1.165, 1.54) is 11.8 Å². The Kier molecular flexibility index (Phi) is 10.1. The lowest BCUT2D eigenvalue weighted by atomic mass is 10.1. The maximum absolute atomic E-state index is 13.9. The molecule has 0 unspecified atom stereocenters. The average molecular weight is 717 g/mol. The van der Waals surface area contributed by atoms with Crippen molar-refractivity contribution in [2.45, 2.75) is 27.4 Å². The second-order valence-corrected chi connectivity index (χ2v) is 12.8. The minimum atomic E-state index is -0.223. The van der Waals surface area contributed by atoms with Gasteiger partial charge in [-0.05, 0) is 125 Å². The fourth-order valence-electron chi connectivity index (χ4n) is 4.22. The van der Waals surface area contributed by atoms with Crippen LogP contribution in [0.25, 0.3) is 6.08 Å². The first-order valence-corrected chi connectivity index (χ1v) is 16.1. The van der Waals surface area contributed by atoms with Gasteiger partial charge in [-0.1, -0.05) is 59.1 Å². The van der Waals surface area contributed by atoms with Crippen LogP contribution in [0.2, 0.25) is 15.1 Å². The zero-order valence-corrected chi connectivity index (χ0v) is 28.1. The number of nitrogens with zero attached hydrogens (tertiary/aromatic N) is 2. The summed E-state index contributed by atoms with van der Waals surface area (Å²) in [4.78, 5) is 20.7. The lowest BCUT2D eigenvalue weighted by Gasteiger charge is -2.17. The van der Waals surface area contributed by atoms with Gasteiger partial charge in [-0.3, -0.25) is 9.69 Å². The van der Waals surface area contributed by atoms with Gasteiger partial charge in [-0.25, -0.2) is 4.99 Å². The highest BCUT2D eigenvalue weighted by Gasteiger charge is 2.35. The summed E-state index contributed by atoms with van der Waals surface area (Å²) < 4.78 is 12.8. The van der Waals surface area contributed by atoms with Gasteiger partial charge >= 0.3 is 0 Å². The predicted octanol–water partition coefficient (Wildman–Crippen LogP) is 10.8. The Morgan fingerprint density at radius 1 is 0.907 bits per heavy atom. The maximum atomic E-state index is 13.9. The monoisotopic (exact) mass is 714 g/mol. The summed E-state index contributed by atoms with van der Waals surface area (Å²) in [6, 6.07) is 22.3. The van der Waals surface area contributed by atoms with Crippen LogP contribution in [0.3, 0.4) is 0 Å². The summed E-state index contributed by atoms with van der Waals surface area (Å²) in [6.07, 6.45) is 1.82. The molecular weight excluding hydrogens is 691 g/mol. The number of benzene rings is 4. The number of rotatable bonds is 8. The number of anilines is 1. The minimum absolute atomic E-state index is 0.223. The van der Waals surface area contributed by atoms with Gasteiger partial charge in [0, 0.05) is 15.1 Å². The number of aliphatic imine (C=N–C) groups is 1. The molecule has 10 heteroatoms. The van der Waals surface area contributed by atoms with Crippen LogP contribution < -0.4 is 14.4 Å². The molecule has 0 N–H and O–H groups in total. The third-order valence-electron chi connectivity index (χ3n) is 6.53. The van der Waals surface area contributed by atoms with Crippen molar-refractivity contribution < 1.29 is 14.3 Å². The Balaban J connectivity index is 1.51. The molecule has 0 saturated carbocycles. The van der Waals surface area contributed by atoms with Gasteiger partial charge in [0.1, 0.15) is 6.61 Å². The summed E-state index contributed by atoms with van der Waals surface area (Å²) in [5.74, 6) is 0.899. The summed E-state index contributed by atoms with van der Waals surface area (Å²) in [5, 5.41) is 2.31. The van der Waals surface area contributed by atoms with Crippen LogP contribution in [-0.4, -0.2) is 17.7 Å². The molecule has 0 aliphatic carbocycles. The molecular formula is C33H26BrCl3N2O3S. The van der Waals surface area contributed by atoms with Crippen LogP contribution in [0.5, 0.6) is 11.5 Å². The predicted molar refractivity (Wildman–Crippen MR) is 184 cm³/mol. The number of hydrogen-bond donors (Lipinski definition) is 0. The third-order valence-corrected chi connectivity index (χ3v) is 9.15. The van der Waals surface area contributed by atoms with E-state index in [1.54, 1.807) is 17.0 Å². The molecule has 0 aromatic heterocycles. The van der Waals surface area contributed by atoms with Crippen molar-refractivity contribution in [2.75, 3.05) is 11.5 Å². The van der Waals surface area contributed by atoms with Crippen LogP contribution in [-0.2, 0) is 11.4 Å². The molecule has 1 aliphatic heterocycles. The van der Waals surface area contributed by atoms with Gasteiger partial charge in [-0.15, -0.1) is 0 Å². The van der Waals surface area contributed by atoms with Crippen LogP contribution in [0.15, 0.2) is 87.2 Å². The lowest BCUT2D eigenvalue weighted by molar-refractivity contribution is -0.113. The first-order valence-electron chi connectivity index (χ1n) is 13.3. The zero-order valence-electron chi connectivity index (χ0n) is 23.5. The van der Waals surface area contributed by atoms with Crippen molar-refractivity contribution in [1.82, 2.24) is 0 Å². The number of amidine groups is 1. The fourth-order valence-corrected chi connectivity index (χ4v) is 6.27. The molecule has 1 fully saturated rings.